The smallest absolute Gasteiger partial charge is 0.191 e. The van der Waals surface area contributed by atoms with Crippen molar-refractivity contribution < 1.29 is 9.84 Å². The minimum absolute atomic E-state index is 0.0668. The van der Waals surface area contributed by atoms with E-state index in [1.54, 1.807) is 11.8 Å². The number of aliphatic hydroxyl groups is 1. The summed E-state index contributed by atoms with van der Waals surface area (Å²) in [6, 6.07) is 0. The highest BCUT2D eigenvalue weighted by molar-refractivity contribution is 7.99. The number of nitrogens with zero attached hydrogens (tertiary/aromatic N) is 3. The maximum absolute atomic E-state index is 9.04. The lowest BCUT2D eigenvalue weighted by atomic mass is 10.1. The molecule has 1 fully saturated rings. The second-order valence-electron chi connectivity index (χ2n) is 4.95. The average Bonchev–Trinajstić information content (AvgIpc) is 2.64. The maximum atomic E-state index is 9.04. The highest BCUT2D eigenvalue weighted by Gasteiger charge is 2.13. The van der Waals surface area contributed by atoms with E-state index in [-0.39, 0.29) is 6.61 Å². The summed E-state index contributed by atoms with van der Waals surface area (Å²) in [5, 5.41) is 17.8. The maximum Gasteiger partial charge on any atom is 0.191 e. The molecule has 1 saturated carbocycles. The highest BCUT2D eigenvalue weighted by atomic mass is 32.2. The van der Waals surface area contributed by atoms with Gasteiger partial charge in [-0.15, -0.1) is 10.2 Å². The number of hydrogen-bond donors (Lipinski definition) is 1. The largest absolute Gasteiger partial charge is 0.388 e. The van der Waals surface area contributed by atoms with E-state index < -0.39 is 0 Å². The van der Waals surface area contributed by atoms with Crippen LogP contribution in [0.5, 0.6) is 0 Å². The quantitative estimate of drug-likeness (QED) is 0.493. The molecule has 6 heteroatoms. The number of aromatic nitrogens is 3. The van der Waals surface area contributed by atoms with Crippen LogP contribution in [0.1, 0.15) is 44.3 Å². The lowest BCUT2D eigenvalue weighted by molar-refractivity contribution is 0.0542. The fraction of sp³-hybridized carbons (Fsp3) is 0.846. The van der Waals surface area contributed by atoms with E-state index in [1.807, 2.05) is 11.6 Å². The number of rotatable bonds is 6. The fourth-order valence-corrected chi connectivity index (χ4v) is 3.12. The van der Waals surface area contributed by atoms with Gasteiger partial charge < -0.3 is 14.4 Å². The topological polar surface area (TPSA) is 60.2 Å². The third kappa shape index (κ3) is 4.47. The van der Waals surface area contributed by atoms with Gasteiger partial charge in [0.25, 0.3) is 0 Å². The SMILES string of the molecule is Cn1c(CO)nnc1SCCOC1CCCCCC1. The molecule has 0 aliphatic heterocycles. The monoisotopic (exact) mass is 285 g/mol. The summed E-state index contributed by atoms with van der Waals surface area (Å²) in [6.07, 6.45) is 8.21. The van der Waals surface area contributed by atoms with Crippen LogP contribution in [-0.4, -0.2) is 38.3 Å². The minimum Gasteiger partial charge on any atom is -0.388 e. The average molecular weight is 285 g/mol. The summed E-state index contributed by atoms with van der Waals surface area (Å²) < 4.78 is 7.76. The molecule has 0 saturated heterocycles. The highest BCUT2D eigenvalue weighted by Crippen LogP contribution is 2.21. The molecular weight excluding hydrogens is 262 g/mol. The molecule has 1 aromatic heterocycles. The molecule has 1 aromatic rings. The van der Waals surface area contributed by atoms with E-state index in [0.717, 1.165) is 17.5 Å². The molecule has 0 radical (unpaired) electrons. The van der Waals surface area contributed by atoms with Gasteiger partial charge in [-0.05, 0) is 12.8 Å². The van der Waals surface area contributed by atoms with Crippen molar-refractivity contribution in [3.63, 3.8) is 0 Å². The molecule has 1 aliphatic rings. The molecule has 0 bridgehead atoms. The van der Waals surface area contributed by atoms with Crippen molar-refractivity contribution in [3.05, 3.63) is 5.82 Å². The van der Waals surface area contributed by atoms with Gasteiger partial charge in [0.15, 0.2) is 11.0 Å². The lowest BCUT2D eigenvalue weighted by Crippen LogP contribution is -2.13. The zero-order valence-electron chi connectivity index (χ0n) is 11.5. The van der Waals surface area contributed by atoms with Gasteiger partial charge in [0, 0.05) is 12.8 Å². The summed E-state index contributed by atoms with van der Waals surface area (Å²) >= 11 is 1.63. The molecule has 0 amide bonds. The summed E-state index contributed by atoms with van der Waals surface area (Å²) in [4.78, 5) is 0. The Hall–Kier alpha value is -0.590. The summed E-state index contributed by atoms with van der Waals surface area (Å²) in [5.74, 6) is 1.49. The Bertz CT molecular complexity index is 376. The van der Waals surface area contributed by atoms with E-state index in [4.69, 9.17) is 9.84 Å². The minimum atomic E-state index is -0.0668. The Morgan fingerprint density at radius 1 is 1.26 bits per heavy atom. The van der Waals surface area contributed by atoms with Crippen LogP contribution in [-0.2, 0) is 18.4 Å². The molecule has 1 heterocycles. The first-order valence-corrected chi connectivity index (χ1v) is 8.03. The Morgan fingerprint density at radius 3 is 2.63 bits per heavy atom. The third-order valence-electron chi connectivity index (χ3n) is 3.54. The molecule has 0 atom stereocenters. The van der Waals surface area contributed by atoms with E-state index in [2.05, 4.69) is 10.2 Å². The zero-order valence-corrected chi connectivity index (χ0v) is 12.4. The molecule has 0 aromatic carbocycles. The molecule has 1 N–H and O–H groups in total. The number of hydrogen-bond acceptors (Lipinski definition) is 5. The van der Waals surface area contributed by atoms with Crippen molar-refractivity contribution in [3.8, 4) is 0 Å². The van der Waals surface area contributed by atoms with Crippen molar-refractivity contribution in [1.82, 2.24) is 14.8 Å². The Morgan fingerprint density at radius 2 is 2.00 bits per heavy atom. The predicted molar refractivity (Wildman–Crippen MR) is 75.1 cm³/mol. The summed E-state index contributed by atoms with van der Waals surface area (Å²) in [7, 11) is 1.88. The van der Waals surface area contributed by atoms with Crippen LogP contribution < -0.4 is 0 Å². The van der Waals surface area contributed by atoms with Gasteiger partial charge in [-0.2, -0.15) is 0 Å². The van der Waals surface area contributed by atoms with Gasteiger partial charge in [0.2, 0.25) is 0 Å². The first kappa shape index (κ1) is 14.8. The van der Waals surface area contributed by atoms with Gasteiger partial charge >= 0.3 is 0 Å². The van der Waals surface area contributed by atoms with Gasteiger partial charge in [0.05, 0.1) is 12.7 Å². The number of aliphatic hydroxyl groups excluding tert-OH is 1. The van der Waals surface area contributed by atoms with Crippen molar-refractivity contribution >= 4 is 11.8 Å². The van der Waals surface area contributed by atoms with Crippen LogP contribution in [0, 0.1) is 0 Å². The summed E-state index contributed by atoms with van der Waals surface area (Å²) in [6.45, 7) is 0.694. The molecule has 0 unspecified atom stereocenters. The van der Waals surface area contributed by atoms with Crippen LogP contribution in [0.25, 0.3) is 0 Å². The van der Waals surface area contributed by atoms with Crippen LogP contribution in [0.15, 0.2) is 5.16 Å². The van der Waals surface area contributed by atoms with E-state index >= 15 is 0 Å². The molecule has 5 nitrogen and oxygen atoms in total. The van der Waals surface area contributed by atoms with Gasteiger partial charge in [-0.1, -0.05) is 37.4 Å². The lowest BCUT2D eigenvalue weighted by Gasteiger charge is -2.14. The molecule has 2 rings (SSSR count). The first-order chi connectivity index (χ1) is 9.31. The third-order valence-corrected chi connectivity index (χ3v) is 4.52. The van der Waals surface area contributed by atoms with E-state index in [9.17, 15) is 0 Å². The fourth-order valence-electron chi connectivity index (χ4n) is 2.36. The number of ether oxygens (including phenoxy) is 1. The van der Waals surface area contributed by atoms with Crippen molar-refractivity contribution in [1.29, 1.82) is 0 Å². The molecule has 19 heavy (non-hydrogen) atoms. The summed E-state index contributed by atoms with van der Waals surface area (Å²) in [5.41, 5.74) is 0. The number of thioether (sulfide) groups is 1. The second kappa shape index (κ2) is 7.87. The predicted octanol–water partition coefficient (Wildman–Crippen LogP) is 2.14. The van der Waals surface area contributed by atoms with Gasteiger partial charge in [-0.3, -0.25) is 0 Å². The zero-order chi connectivity index (χ0) is 13.5. The van der Waals surface area contributed by atoms with E-state index in [1.165, 1.54) is 38.5 Å². The van der Waals surface area contributed by atoms with Crippen LogP contribution in [0.3, 0.4) is 0 Å². The Kier molecular flexibility index (Phi) is 6.13. The van der Waals surface area contributed by atoms with Crippen LogP contribution in [0.2, 0.25) is 0 Å². The van der Waals surface area contributed by atoms with Gasteiger partial charge in [0.1, 0.15) is 6.61 Å². The van der Waals surface area contributed by atoms with Crippen LogP contribution in [0.4, 0.5) is 0 Å². The first-order valence-electron chi connectivity index (χ1n) is 7.05. The molecule has 1 aliphatic carbocycles. The molecule has 0 spiro atoms. The van der Waals surface area contributed by atoms with Gasteiger partial charge in [-0.25, -0.2) is 0 Å². The normalized spacial score (nSPS) is 17.6. The van der Waals surface area contributed by atoms with E-state index in [0.29, 0.717) is 11.9 Å². The molecular formula is C13H23N3O2S. The molecule has 108 valence electrons. The second-order valence-corrected chi connectivity index (χ2v) is 6.01. The van der Waals surface area contributed by atoms with Crippen molar-refractivity contribution in [2.24, 2.45) is 7.05 Å². The van der Waals surface area contributed by atoms with Crippen LogP contribution >= 0.6 is 11.8 Å². The Balaban J connectivity index is 1.67. The van der Waals surface area contributed by atoms with Crippen molar-refractivity contribution in [2.75, 3.05) is 12.4 Å². The van der Waals surface area contributed by atoms with Crippen molar-refractivity contribution in [2.45, 2.75) is 56.4 Å². The standard InChI is InChI=1S/C13H23N3O2S/c1-16-12(10-17)14-15-13(16)19-9-8-18-11-6-4-2-3-5-7-11/h11,17H,2-10H2,1H3. The Labute approximate surface area is 118 Å².